The molecule has 3 heteroatoms. The Hall–Kier alpha value is -0.210. The van der Waals surface area contributed by atoms with Crippen LogP contribution < -0.4 is 0 Å². The molecule has 0 rings (SSSR count). The molecule has 116 valence electrons. The normalized spacial score (nSPS) is 16.4. The van der Waals surface area contributed by atoms with Crippen LogP contribution in [0, 0.1) is 10.8 Å². The Morgan fingerprint density at radius 3 is 1.58 bits per heavy atom. The predicted octanol–water partition coefficient (Wildman–Crippen LogP) is 6.74. The van der Waals surface area contributed by atoms with Crippen LogP contribution in [-0.4, -0.2) is 6.18 Å². The highest BCUT2D eigenvalue weighted by Crippen LogP contribution is 2.55. The van der Waals surface area contributed by atoms with Gasteiger partial charge in [-0.05, 0) is 18.3 Å². The first kappa shape index (κ1) is 18.8. The van der Waals surface area contributed by atoms with E-state index in [-0.39, 0.29) is 0 Å². The van der Waals surface area contributed by atoms with Crippen molar-refractivity contribution in [2.75, 3.05) is 0 Å². The molecule has 0 aromatic rings. The third kappa shape index (κ3) is 5.00. The first-order valence-corrected chi connectivity index (χ1v) is 7.69. The van der Waals surface area contributed by atoms with E-state index in [1.165, 1.54) is 13.8 Å². The van der Waals surface area contributed by atoms with E-state index >= 15 is 0 Å². The summed E-state index contributed by atoms with van der Waals surface area (Å²) in [6.45, 7) is 8.75. The second kappa shape index (κ2) is 7.54. The molecule has 0 bridgehead atoms. The molecule has 0 spiro atoms. The Bertz CT molecular complexity index is 243. The molecule has 1 atom stereocenters. The van der Waals surface area contributed by atoms with Crippen LogP contribution in [-0.2, 0) is 0 Å². The van der Waals surface area contributed by atoms with Gasteiger partial charge in [-0.2, -0.15) is 13.2 Å². The first-order chi connectivity index (χ1) is 8.62. The van der Waals surface area contributed by atoms with Crippen LogP contribution in [0.5, 0.6) is 0 Å². The lowest BCUT2D eigenvalue weighted by Gasteiger charge is -2.46. The van der Waals surface area contributed by atoms with E-state index in [1.807, 2.05) is 13.8 Å². The lowest BCUT2D eigenvalue weighted by atomic mass is 9.61. The summed E-state index contributed by atoms with van der Waals surface area (Å²) in [6, 6.07) is 0. The fourth-order valence-corrected chi connectivity index (χ4v) is 2.60. The van der Waals surface area contributed by atoms with Crippen molar-refractivity contribution in [3.63, 3.8) is 0 Å². The molecule has 0 aliphatic heterocycles. The molecule has 0 aliphatic rings. The molecule has 0 aromatic heterocycles. The van der Waals surface area contributed by atoms with Crippen LogP contribution in [0.2, 0.25) is 0 Å². The maximum absolute atomic E-state index is 13.3. The quantitative estimate of drug-likeness (QED) is 0.410. The number of unbranched alkanes of at least 4 members (excludes halogenated alkanes) is 4. The molecule has 0 heterocycles. The van der Waals surface area contributed by atoms with Crippen molar-refractivity contribution in [2.45, 2.75) is 92.2 Å². The summed E-state index contributed by atoms with van der Waals surface area (Å²) in [5.74, 6) is 0. The topological polar surface area (TPSA) is 0 Å². The second-order valence-electron chi connectivity index (χ2n) is 6.60. The van der Waals surface area contributed by atoms with Crippen LogP contribution in [0.4, 0.5) is 13.2 Å². The minimum atomic E-state index is -4.12. The van der Waals surface area contributed by atoms with Gasteiger partial charge in [0.05, 0.1) is 5.41 Å². The molecule has 19 heavy (non-hydrogen) atoms. The Balaban J connectivity index is 4.85. The van der Waals surface area contributed by atoms with Gasteiger partial charge in [-0.25, -0.2) is 0 Å². The molecule has 0 aliphatic carbocycles. The Labute approximate surface area is 117 Å². The van der Waals surface area contributed by atoms with E-state index in [2.05, 4.69) is 6.92 Å². The maximum atomic E-state index is 13.3. The average molecular weight is 280 g/mol. The van der Waals surface area contributed by atoms with Gasteiger partial charge in [0.2, 0.25) is 0 Å². The highest BCUT2D eigenvalue weighted by atomic mass is 19.4. The van der Waals surface area contributed by atoms with Crippen molar-refractivity contribution in [3.8, 4) is 0 Å². The highest BCUT2D eigenvalue weighted by Gasteiger charge is 2.57. The van der Waals surface area contributed by atoms with Crippen molar-refractivity contribution >= 4 is 0 Å². The van der Waals surface area contributed by atoms with Crippen LogP contribution >= 0.6 is 0 Å². The molecular formula is C16H31F3. The van der Waals surface area contributed by atoms with Crippen molar-refractivity contribution in [1.29, 1.82) is 0 Å². The number of alkyl halides is 3. The number of rotatable bonds is 9. The number of hydrogen-bond acceptors (Lipinski definition) is 0. The lowest BCUT2D eigenvalue weighted by Crippen LogP contribution is -2.46. The third-order valence-electron chi connectivity index (χ3n) is 4.88. The van der Waals surface area contributed by atoms with Gasteiger partial charge in [0.1, 0.15) is 0 Å². The molecule has 0 saturated carbocycles. The number of hydrogen-bond donors (Lipinski definition) is 0. The molecule has 1 unspecified atom stereocenters. The van der Waals surface area contributed by atoms with Gasteiger partial charge in [0.25, 0.3) is 0 Å². The van der Waals surface area contributed by atoms with E-state index < -0.39 is 17.0 Å². The zero-order valence-electron chi connectivity index (χ0n) is 13.3. The summed E-state index contributed by atoms with van der Waals surface area (Å²) in [5, 5.41) is 0. The zero-order valence-corrected chi connectivity index (χ0v) is 13.3. The van der Waals surface area contributed by atoms with Gasteiger partial charge in [-0.1, -0.05) is 73.1 Å². The Morgan fingerprint density at radius 1 is 0.684 bits per heavy atom. The van der Waals surface area contributed by atoms with Gasteiger partial charge >= 0.3 is 6.18 Å². The van der Waals surface area contributed by atoms with Gasteiger partial charge in [-0.3, -0.25) is 0 Å². The molecule has 0 radical (unpaired) electrons. The number of halogens is 3. The summed E-state index contributed by atoms with van der Waals surface area (Å²) >= 11 is 0. The van der Waals surface area contributed by atoms with E-state index in [9.17, 15) is 13.2 Å². The van der Waals surface area contributed by atoms with Gasteiger partial charge < -0.3 is 0 Å². The standard InChI is InChI=1S/C16H31F3/c1-6-8-10-11-13-15(5,12-9-7-2)14(3,4)16(17,18)19/h6-13H2,1-5H3. The Morgan fingerprint density at radius 2 is 1.16 bits per heavy atom. The Kier molecular flexibility index (Phi) is 7.46. The van der Waals surface area contributed by atoms with Crippen molar-refractivity contribution in [1.82, 2.24) is 0 Å². The van der Waals surface area contributed by atoms with E-state index in [0.29, 0.717) is 12.8 Å². The van der Waals surface area contributed by atoms with Crippen molar-refractivity contribution < 1.29 is 13.2 Å². The summed E-state index contributed by atoms with van der Waals surface area (Å²) in [7, 11) is 0. The molecule has 0 nitrogen and oxygen atoms in total. The highest BCUT2D eigenvalue weighted by molar-refractivity contribution is 4.94. The van der Waals surface area contributed by atoms with E-state index in [1.54, 1.807) is 0 Å². The summed E-state index contributed by atoms with van der Waals surface area (Å²) in [5.41, 5.74) is -2.25. The molecule has 0 amide bonds. The van der Waals surface area contributed by atoms with E-state index in [4.69, 9.17) is 0 Å². The van der Waals surface area contributed by atoms with Crippen molar-refractivity contribution in [3.05, 3.63) is 0 Å². The summed E-state index contributed by atoms with van der Waals surface area (Å²) < 4.78 is 40.0. The molecule has 0 fully saturated rings. The smallest absolute Gasteiger partial charge is 0.171 e. The lowest BCUT2D eigenvalue weighted by molar-refractivity contribution is -0.252. The minimum absolute atomic E-state index is 0.644. The fourth-order valence-electron chi connectivity index (χ4n) is 2.60. The fraction of sp³-hybridized carbons (Fsp3) is 1.00. The molecule has 0 N–H and O–H groups in total. The van der Waals surface area contributed by atoms with Crippen LogP contribution in [0.1, 0.15) is 86.0 Å². The minimum Gasteiger partial charge on any atom is -0.171 e. The third-order valence-corrected chi connectivity index (χ3v) is 4.88. The predicted molar refractivity (Wildman–Crippen MR) is 76.2 cm³/mol. The first-order valence-electron chi connectivity index (χ1n) is 7.69. The second-order valence-corrected chi connectivity index (χ2v) is 6.60. The van der Waals surface area contributed by atoms with Gasteiger partial charge in [0, 0.05) is 0 Å². The van der Waals surface area contributed by atoms with Crippen LogP contribution in [0.25, 0.3) is 0 Å². The molecule has 0 aromatic carbocycles. The monoisotopic (exact) mass is 280 g/mol. The average Bonchev–Trinajstić information content (AvgIpc) is 2.30. The zero-order chi connectivity index (χ0) is 15.2. The van der Waals surface area contributed by atoms with Crippen LogP contribution in [0.15, 0.2) is 0 Å². The largest absolute Gasteiger partial charge is 0.394 e. The summed E-state index contributed by atoms with van der Waals surface area (Å²) in [4.78, 5) is 0. The van der Waals surface area contributed by atoms with Crippen molar-refractivity contribution in [2.24, 2.45) is 10.8 Å². The molecular weight excluding hydrogens is 249 g/mol. The van der Waals surface area contributed by atoms with Gasteiger partial charge in [0.15, 0.2) is 0 Å². The maximum Gasteiger partial charge on any atom is 0.394 e. The van der Waals surface area contributed by atoms with Gasteiger partial charge in [-0.15, -0.1) is 0 Å². The van der Waals surface area contributed by atoms with Crippen LogP contribution in [0.3, 0.4) is 0 Å². The molecule has 0 saturated heterocycles. The van der Waals surface area contributed by atoms with E-state index in [0.717, 1.165) is 38.5 Å². The SMILES string of the molecule is CCCCCCC(C)(CCCC)C(C)(C)C(F)(F)F. The summed E-state index contributed by atoms with van der Waals surface area (Å²) in [6.07, 6.45) is 3.26.